The van der Waals surface area contributed by atoms with Crippen molar-refractivity contribution in [2.24, 2.45) is 12.8 Å². The molecule has 1 aromatic carbocycles. The summed E-state index contributed by atoms with van der Waals surface area (Å²) in [4.78, 5) is 22.7. The van der Waals surface area contributed by atoms with Crippen LogP contribution in [-0.2, 0) is 11.8 Å². The van der Waals surface area contributed by atoms with Gasteiger partial charge < -0.3 is 15.5 Å². The van der Waals surface area contributed by atoms with Gasteiger partial charge in [-0.1, -0.05) is 0 Å². The molecule has 1 amide bonds. The maximum absolute atomic E-state index is 11.4. The van der Waals surface area contributed by atoms with Crippen LogP contribution in [0.4, 0.5) is 5.69 Å². The Morgan fingerprint density at radius 1 is 1.53 bits per heavy atom. The molecule has 0 radical (unpaired) electrons. The molecular weight excluding hydrogens is 222 g/mol. The first-order chi connectivity index (χ1) is 7.99. The van der Waals surface area contributed by atoms with Gasteiger partial charge in [0.15, 0.2) is 5.58 Å². The molecule has 2 rings (SSSR count). The van der Waals surface area contributed by atoms with Crippen molar-refractivity contribution < 1.29 is 9.21 Å². The molecule has 0 aliphatic carbocycles. The highest BCUT2D eigenvalue weighted by atomic mass is 16.4. The number of carbonyl (C=O) groups excluding carboxylic acids is 1. The van der Waals surface area contributed by atoms with Gasteiger partial charge in [0.25, 0.3) is 0 Å². The normalized spacial score (nSPS) is 12.6. The highest BCUT2D eigenvalue weighted by Gasteiger charge is 2.10. The minimum Gasteiger partial charge on any atom is -0.408 e. The maximum Gasteiger partial charge on any atom is 0.419 e. The number of anilines is 1. The van der Waals surface area contributed by atoms with Crippen LogP contribution in [0.15, 0.2) is 27.4 Å². The van der Waals surface area contributed by atoms with E-state index in [4.69, 9.17) is 10.2 Å². The average molecular weight is 235 g/mol. The fourth-order valence-electron chi connectivity index (χ4n) is 1.47. The summed E-state index contributed by atoms with van der Waals surface area (Å²) in [5, 5.41) is 2.63. The van der Waals surface area contributed by atoms with E-state index in [-0.39, 0.29) is 5.91 Å². The lowest BCUT2D eigenvalue weighted by molar-refractivity contribution is -0.117. The quantitative estimate of drug-likeness (QED) is 0.789. The van der Waals surface area contributed by atoms with Crippen LogP contribution in [0.5, 0.6) is 0 Å². The molecule has 0 aliphatic heterocycles. The van der Waals surface area contributed by atoms with Crippen LogP contribution in [0.1, 0.15) is 6.92 Å². The zero-order chi connectivity index (χ0) is 12.6. The Labute approximate surface area is 97.0 Å². The van der Waals surface area contributed by atoms with Crippen LogP contribution < -0.4 is 16.8 Å². The summed E-state index contributed by atoms with van der Waals surface area (Å²) in [6.07, 6.45) is 0. The summed E-state index contributed by atoms with van der Waals surface area (Å²) in [5.41, 5.74) is 7.09. The lowest BCUT2D eigenvalue weighted by Gasteiger charge is -2.07. The molecule has 0 bridgehead atoms. The van der Waals surface area contributed by atoms with Crippen molar-refractivity contribution in [2.45, 2.75) is 13.0 Å². The van der Waals surface area contributed by atoms with Crippen molar-refractivity contribution in [1.29, 1.82) is 0 Å². The molecule has 90 valence electrons. The summed E-state index contributed by atoms with van der Waals surface area (Å²) in [6, 6.07) is 4.40. The Hall–Kier alpha value is -2.08. The number of fused-ring (bicyclic) bond motifs is 1. The smallest absolute Gasteiger partial charge is 0.408 e. The molecule has 0 saturated carbocycles. The molecule has 0 aliphatic rings. The van der Waals surface area contributed by atoms with Gasteiger partial charge in [-0.25, -0.2) is 4.79 Å². The zero-order valence-electron chi connectivity index (χ0n) is 9.56. The van der Waals surface area contributed by atoms with Gasteiger partial charge >= 0.3 is 5.76 Å². The second-order valence-corrected chi connectivity index (χ2v) is 3.89. The van der Waals surface area contributed by atoms with Crippen LogP contribution in [0.3, 0.4) is 0 Å². The predicted molar refractivity (Wildman–Crippen MR) is 63.7 cm³/mol. The fraction of sp³-hybridized carbons (Fsp3) is 0.273. The molecule has 6 nitrogen and oxygen atoms in total. The summed E-state index contributed by atoms with van der Waals surface area (Å²) in [5.74, 6) is -0.724. The van der Waals surface area contributed by atoms with E-state index >= 15 is 0 Å². The van der Waals surface area contributed by atoms with E-state index in [1.54, 1.807) is 32.2 Å². The molecular formula is C11H13N3O3. The molecule has 0 spiro atoms. The van der Waals surface area contributed by atoms with Gasteiger partial charge in [0.05, 0.1) is 11.6 Å². The Morgan fingerprint density at radius 3 is 2.88 bits per heavy atom. The number of aromatic nitrogens is 1. The van der Waals surface area contributed by atoms with Gasteiger partial charge in [-0.2, -0.15) is 0 Å². The summed E-state index contributed by atoms with van der Waals surface area (Å²) < 4.78 is 6.40. The van der Waals surface area contributed by atoms with Crippen LogP contribution in [0.25, 0.3) is 11.1 Å². The average Bonchev–Trinajstić information content (AvgIpc) is 2.54. The van der Waals surface area contributed by atoms with E-state index in [1.807, 2.05) is 0 Å². The lowest BCUT2D eigenvalue weighted by atomic mass is 10.2. The van der Waals surface area contributed by atoms with Gasteiger partial charge in [-0.15, -0.1) is 0 Å². The number of amides is 1. The molecule has 17 heavy (non-hydrogen) atoms. The van der Waals surface area contributed by atoms with Crippen molar-refractivity contribution >= 4 is 22.7 Å². The molecule has 2 aromatic rings. The number of nitrogens with one attached hydrogen (secondary N) is 1. The Bertz CT molecular complexity index is 624. The molecule has 0 fully saturated rings. The monoisotopic (exact) mass is 235 g/mol. The van der Waals surface area contributed by atoms with Gasteiger partial charge in [-0.05, 0) is 19.1 Å². The van der Waals surface area contributed by atoms with Gasteiger partial charge in [0.1, 0.15) is 0 Å². The van der Waals surface area contributed by atoms with Crippen LogP contribution in [-0.4, -0.2) is 16.5 Å². The summed E-state index contributed by atoms with van der Waals surface area (Å²) >= 11 is 0. The lowest BCUT2D eigenvalue weighted by Crippen LogP contribution is -2.32. The minimum absolute atomic E-state index is 0.289. The van der Waals surface area contributed by atoms with Crippen LogP contribution in [0, 0.1) is 0 Å². The molecule has 6 heteroatoms. The Kier molecular flexibility index (Phi) is 2.72. The zero-order valence-corrected chi connectivity index (χ0v) is 9.56. The van der Waals surface area contributed by atoms with Gasteiger partial charge in [0.2, 0.25) is 5.91 Å². The first kappa shape index (κ1) is 11.4. The van der Waals surface area contributed by atoms with E-state index < -0.39 is 11.8 Å². The van der Waals surface area contributed by atoms with Crippen molar-refractivity contribution in [3.8, 4) is 0 Å². The largest absolute Gasteiger partial charge is 0.419 e. The van der Waals surface area contributed by atoms with Crippen molar-refractivity contribution in [2.75, 3.05) is 5.32 Å². The highest BCUT2D eigenvalue weighted by molar-refractivity contribution is 5.95. The third-order valence-corrected chi connectivity index (χ3v) is 2.47. The number of nitrogens with two attached hydrogens (primary N) is 1. The molecule has 3 N–H and O–H groups in total. The summed E-state index contributed by atoms with van der Waals surface area (Å²) in [7, 11) is 1.62. The van der Waals surface area contributed by atoms with E-state index in [1.165, 1.54) is 4.57 Å². The number of aryl methyl sites for hydroxylation is 1. The minimum atomic E-state index is -0.589. The van der Waals surface area contributed by atoms with Crippen molar-refractivity contribution in [3.63, 3.8) is 0 Å². The second-order valence-electron chi connectivity index (χ2n) is 3.89. The first-order valence-corrected chi connectivity index (χ1v) is 5.15. The standard InChI is InChI=1S/C11H13N3O3/c1-6(12)10(15)13-7-3-4-8-9(5-7)17-11(16)14(8)2/h3-6H,12H2,1-2H3,(H,13,15)/t6-/m1/s1. The van der Waals surface area contributed by atoms with E-state index in [2.05, 4.69) is 5.32 Å². The topological polar surface area (TPSA) is 90.3 Å². The number of rotatable bonds is 2. The molecule has 0 saturated heterocycles. The number of hydrogen-bond acceptors (Lipinski definition) is 4. The maximum atomic E-state index is 11.4. The molecule has 1 aromatic heterocycles. The number of nitrogens with zero attached hydrogens (tertiary/aromatic N) is 1. The second kappa shape index (κ2) is 4.06. The van der Waals surface area contributed by atoms with E-state index in [0.29, 0.717) is 16.8 Å². The number of hydrogen-bond donors (Lipinski definition) is 2. The Morgan fingerprint density at radius 2 is 2.24 bits per heavy atom. The van der Waals surface area contributed by atoms with Crippen LogP contribution >= 0.6 is 0 Å². The third kappa shape index (κ3) is 2.07. The van der Waals surface area contributed by atoms with Crippen LogP contribution in [0.2, 0.25) is 0 Å². The molecule has 1 heterocycles. The van der Waals surface area contributed by atoms with E-state index in [9.17, 15) is 9.59 Å². The predicted octanol–water partition coefficient (Wildman–Crippen LogP) is 0.417. The number of oxazole rings is 1. The van der Waals surface area contributed by atoms with Crippen molar-refractivity contribution in [1.82, 2.24) is 4.57 Å². The number of benzene rings is 1. The summed E-state index contributed by atoms with van der Waals surface area (Å²) in [6.45, 7) is 1.59. The SMILES string of the molecule is C[C@@H](N)C(=O)Nc1ccc2c(c1)oc(=O)n2C. The third-order valence-electron chi connectivity index (χ3n) is 2.47. The Balaban J connectivity index is 2.39. The number of carbonyl (C=O) groups is 1. The van der Waals surface area contributed by atoms with Gasteiger partial charge in [0, 0.05) is 18.8 Å². The van der Waals surface area contributed by atoms with Gasteiger partial charge in [-0.3, -0.25) is 9.36 Å². The molecule has 1 atom stereocenters. The molecule has 0 unspecified atom stereocenters. The highest BCUT2D eigenvalue weighted by Crippen LogP contribution is 2.17. The first-order valence-electron chi connectivity index (χ1n) is 5.15. The fourth-order valence-corrected chi connectivity index (χ4v) is 1.47. The van der Waals surface area contributed by atoms with E-state index in [0.717, 1.165) is 0 Å². The van der Waals surface area contributed by atoms with Crippen molar-refractivity contribution in [3.05, 3.63) is 28.7 Å².